The Kier molecular flexibility index (Phi) is 6.09. The number of sulfone groups is 1. The summed E-state index contributed by atoms with van der Waals surface area (Å²) in [7, 11) is -3.54. The molecular formula is C35H39NO5S. The average molecular weight is 586 g/mol. The predicted molar refractivity (Wildman–Crippen MR) is 161 cm³/mol. The molecule has 8 rings (SSSR count). The highest BCUT2D eigenvalue weighted by atomic mass is 32.2. The van der Waals surface area contributed by atoms with Gasteiger partial charge in [-0.25, -0.2) is 8.42 Å². The van der Waals surface area contributed by atoms with E-state index in [0.29, 0.717) is 30.1 Å². The number of piperidine rings is 1. The van der Waals surface area contributed by atoms with Gasteiger partial charge in [0.2, 0.25) is 0 Å². The standard InChI is InChI=1S/C35H39NO5S/c1-23-7-12-28(13-8-23)42(38,39)22-27-15-16-35(37)30-19-26-11-14-29(40-21-25-5-3-2-4-6-25)32-31(26)34(35,33(27)41-32)17-18-36(30)20-24-9-10-24/h2-8,11-14,24,27,30,33,37H,9-10,15-22H2,1H3/t27?,30-,33?,34+,35-/m1/s1. The highest BCUT2D eigenvalue weighted by Crippen LogP contribution is 2.66. The SMILES string of the molecule is Cc1ccc(S(=O)(=O)CC2CC[C@@]3(O)[C@H]4Cc5ccc(OCc6ccccc6)c6c5[C@@]3(CCN4CC3CC3)C2O6)cc1. The molecule has 6 nitrogen and oxygen atoms in total. The average Bonchev–Trinajstić information content (AvgIpc) is 3.73. The number of benzene rings is 3. The molecule has 2 saturated carbocycles. The summed E-state index contributed by atoms with van der Waals surface area (Å²) in [6, 6.07) is 21.4. The minimum absolute atomic E-state index is 0.0124. The molecule has 2 unspecified atom stereocenters. The number of aryl methyl sites for hydroxylation is 1. The van der Waals surface area contributed by atoms with Crippen LogP contribution in [0.1, 0.15) is 54.4 Å². The van der Waals surface area contributed by atoms with Crippen molar-refractivity contribution in [3.05, 3.63) is 89.0 Å². The van der Waals surface area contributed by atoms with Gasteiger partial charge in [-0.2, -0.15) is 0 Å². The third-order valence-electron chi connectivity index (χ3n) is 10.9. The quantitative estimate of drug-likeness (QED) is 0.390. The van der Waals surface area contributed by atoms with Crippen LogP contribution < -0.4 is 9.47 Å². The smallest absolute Gasteiger partial charge is 0.178 e. The van der Waals surface area contributed by atoms with Gasteiger partial charge < -0.3 is 14.6 Å². The van der Waals surface area contributed by atoms with Crippen LogP contribution >= 0.6 is 0 Å². The summed E-state index contributed by atoms with van der Waals surface area (Å²) in [5.41, 5.74) is 2.80. The summed E-state index contributed by atoms with van der Waals surface area (Å²) >= 11 is 0. The van der Waals surface area contributed by atoms with Crippen LogP contribution in [0.3, 0.4) is 0 Å². The van der Waals surface area contributed by atoms with E-state index in [-0.39, 0.29) is 17.7 Å². The molecule has 1 N–H and O–H groups in total. The van der Waals surface area contributed by atoms with Crippen molar-refractivity contribution in [3.63, 3.8) is 0 Å². The van der Waals surface area contributed by atoms with Crippen LogP contribution in [0, 0.1) is 18.8 Å². The maximum atomic E-state index is 13.7. The Labute approximate surface area is 248 Å². The van der Waals surface area contributed by atoms with E-state index in [9.17, 15) is 13.5 Å². The molecule has 0 aromatic heterocycles. The summed E-state index contributed by atoms with van der Waals surface area (Å²) in [5.74, 6) is 1.93. The van der Waals surface area contributed by atoms with Crippen molar-refractivity contribution < 1.29 is 23.0 Å². The van der Waals surface area contributed by atoms with Gasteiger partial charge in [-0.1, -0.05) is 54.1 Å². The highest BCUT2D eigenvalue weighted by molar-refractivity contribution is 7.91. The van der Waals surface area contributed by atoms with Gasteiger partial charge in [0.05, 0.1) is 21.7 Å². The second kappa shape index (κ2) is 9.57. The molecule has 2 bridgehead atoms. The first-order valence-electron chi connectivity index (χ1n) is 15.5. The fourth-order valence-corrected chi connectivity index (χ4v) is 10.4. The van der Waals surface area contributed by atoms with Gasteiger partial charge >= 0.3 is 0 Å². The predicted octanol–water partition coefficient (Wildman–Crippen LogP) is 5.23. The van der Waals surface area contributed by atoms with E-state index in [1.165, 1.54) is 18.4 Å². The molecule has 0 radical (unpaired) electrons. The van der Waals surface area contributed by atoms with Gasteiger partial charge in [-0.05, 0) is 87.2 Å². The zero-order valence-electron chi connectivity index (χ0n) is 24.2. The summed E-state index contributed by atoms with van der Waals surface area (Å²) < 4.78 is 40.8. The first kappa shape index (κ1) is 26.7. The fraction of sp³-hybridized carbons (Fsp3) is 0.486. The summed E-state index contributed by atoms with van der Waals surface area (Å²) in [6.45, 7) is 4.32. The molecule has 3 aliphatic carbocycles. The van der Waals surface area contributed by atoms with Gasteiger partial charge in [0, 0.05) is 24.1 Å². The molecule has 2 aliphatic heterocycles. The molecule has 3 fully saturated rings. The maximum Gasteiger partial charge on any atom is 0.178 e. The van der Waals surface area contributed by atoms with Crippen molar-refractivity contribution in [2.45, 2.75) is 80.1 Å². The van der Waals surface area contributed by atoms with E-state index in [0.717, 1.165) is 54.3 Å². The maximum absolute atomic E-state index is 13.7. The first-order valence-corrected chi connectivity index (χ1v) is 17.2. The Hall–Kier alpha value is -2.87. The van der Waals surface area contributed by atoms with Crippen LogP contribution in [0.2, 0.25) is 0 Å². The number of rotatable bonds is 8. The lowest BCUT2D eigenvalue weighted by atomic mass is 9.47. The van der Waals surface area contributed by atoms with E-state index in [4.69, 9.17) is 9.47 Å². The number of hydrogen-bond acceptors (Lipinski definition) is 6. The number of ether oxygens (including phenoxy) is 2. The molecule has 7 heteroatoms. The lowest BCUT2D eigenvalue weighted by Gasteiger charge is -2.64. The third kappa shape index (κ3) is 4.00. The van der Waals surface area contributed by atoms with Crippen LogP contribution in [0.4, 0.5) is 0 Å². The van der Waals surface area contributed by atoms with Gasteiger partial charge in [0.25, 0.3) is 0 Å². The molecule has 3 aromatic rings. The zero-order chi connectivity index (χ0) is 28.7. The van der Waals surface area contributed by atoms with Crippen molar-refractivity contribution in [2.75, 3.05) is 18.8 Å². The Morgan fingerprint density at radius 3 is 2.55 bits per heavy atom. The van der Waals surface area contributed by atoms with Crippen molar-refractivity contribution in [1.82, 2.24) is 4.90 Å². The van der Waals surface area contributed by atoms with E-state index < -0.39 is 27.0 Å². The minimum Gasteiger partial charge on any atom is -0.485 e. The monoisotopic (exact) mass is 585 g/mol. The molecule has 5 atom stereocenters. The first-order chi connectivity index (χ1) is 20.3. The number of nitrogens with zero attached hydrogens (tertiary/aromatic N) is 1. The molecule has 2 heterocycles. The third-order valence-corrected chi connectivity index (χ3v) is 12.8. The van der Waals surface area contributed by atoms with Gasteiger partial charge in [-0.15, -0.1) is 0 Å². The summed E-state index contributed by atoms with van der Waals surface area (Å²) in [6.07, 6.45) is 4.89. The number of likely N-dealkylation sites (tertiary alicyclic amines) is 1. The molecule has 220 valence electrons. The molecule has 3 aromatic carbocycles. The molecular weight excluding hydrogens is 546 g/mol. The Bertz CT molecular complexity index is 1620. The largest absolute Gasteiger partial charge is 0.485 e. The lowest BCUT2D eigenvalue weighted by molar-refractivity contribution is -0.195. The number of aliphatic hydroxyl groups is 1. The summed E-state index contributed by atoms with van der Waals surface area (Å²) in [4.78, 5) is 2.90. The van der Waals surface area contributed by atoms with Crippen LogP contribution in [-0.2, 0) is 28.3 Å². The van der Waals surface area contributed by atoms with Crippen LogP contribution in [-0.4, -0.2) is 55.0 Å². The van der Waals surface area contributed by atoms with Crippen molar-refractivity contribution in [2.24, 2.45) is 11.8 Å². The Balaban J connectivity index is 1.20. The molecule has 1 spiro atoms. The van der Waals surface area contributed by atoms with Crippen LogP contribution in [0.5, 0.6) is 11.5 Å². The highest BCUT2D eigenvalue weighted by Gasteiger charge is 2.73. The second-order valence-corrected chi connectivity index (χ2v) is 15.5. The zero-order valence-corrected chi connectivity index (χ0v) is 25.0. The summed E-state index contributed by atoms with van der Waals surface area (Å²) in [5, 5.41) is 12.9. The van der Waals surface area contributed by atoms with Crippen LogP contribution in [0.25, 0.3) is 0 Å². The van der Waals surface area contributed by atoms with E-state index in [1.54, 1.807) is 12.1 Å². The second-order valence-electron chi connectivity index (χ2n) is 13.4. The van der Waals surface area contributed by atoms with Gasteiger partial charge in [-0.3, -0.25) is 4.90 Å². The van der Waals surface area contributed by atoms with Crippen molar-refractivity contribution >= 4 is 9.84 Å². The van der Waals surface area contributed by atoms with E-state index in [2.05, 4.69) is 11.0 Å². The fourth-order valence-electron chi connectivity index (χ4n) is 8.72. The normalized spacial score (nSPS) is 31.3. The molecule has 5 aliphatic rings. The van der Waals surface area contributed by atoms with Crippen LogP contribution in [0.15, 0.2) is 71.6 Å². The van der Waals surface area contributed by atoms with Crippen molar-refractivity contribution in [1.29, 1.82) is 0 Å². The topological polar surface area (TPSA) is 76.1 Å². The van der Waals surface area contributed by atoms with Crippen molar-refractivity contribution in [3.8, 4) is 11.5 Å². The van der Waals surface area contributed by atoms with E-state index >= 15 is 0 Å². The molecule has 42 heavy (non-hydrogen) atoms. The van der Waals surface area contributed by atoms with Gasteiger partial charge in [0.1, 0.15) is 12.7 Å². The Morgan fingerprint density at radius 2 is 1.79 bits per heavy atom. The lowest BCUT2D eigenvalue weighted by Crippen LogP contribution is -2.76. The van der Waals surface area contributed by atoms with E-state index in [1.807, 2.05) is 55.5 Å². The Morgan fingerprint density at radius 1 is 1.00 bits per heavy atom. The van der Waals surface area contributed by atoms with Gasteiger partial charge in [0.15, 0.2) is 21.3 Å². The molecule has 0 amide bonds. The minimum atomic E-state index is -3.54. The number of hydrogen-bond donors (Lipinski definition) is 1. The molecule has 1 saturated heterocycles.